The van der Waals surface area contributed by atoms with E-state index in [0.29, 0.717) is 19.4 Å². The standard InChI is InChI=1S/C18H29NO10/c1-10(20)25-9-14-15(26-11(2)21)16(27-12(3)22)17(28-13(4)23)18(29-14)24-8-6-5-7-19/h14-18H,5-9,19H2,1-4H3/t14-,15-,16+,17-,18-/m1/s1. The topological polar surface area (TPSA) is 150 Å². The lowest BCUT2D eigenvalue weighted by Gasteiger charge is -2.44. The van der Waals surface area contributed by atoms with Gasteiger partial charge in [-0.2, -0.15) is 0 Å². The number of carbonyl (C=O) groups is 4. The number of carbonyl (C=O) groups excluding carboxylic acids is 4. The highest BCUT2D eigenvalue weighted by atomic mass is 16.7. The van der Waals surface area contributed by atoms with Crippen LogP contribution in [0.1, 0.15) is 40.5 Å². The second-order valence-corrected chi connectivity index (χ2v) is 6.43. The lowest BCUT2D eigenvalue weighted by molar-refractivity contribution is -0.308. The van der Waals surface area contributed by atoms with E-state index in [1.54, 1.807) is 0 Å². The van der Waals surface area contributed by atoms with Crippen LogP contribution >= 0.6 is 0 Å². The predicted molar refractivity (Wildman–Crippen MR) is 96.2 cm³/mol. The van der Waals surface area contributed by atoms with Crippen LogP contribution in [0.2, 0.25) is 0 Å². The van der Waals surface area contributed by atoms with Crippen molar-refractivity contribution in [2.75, 3.05) is 19.8 Å². The molecule has 0 spiro atoms. The maximum Gasteiger partial charge on any atom is 0.303 e. The monoisotopic (exact) mass is 419 g/mol. The second-order valence-electron chi connectivity index (χ2n) is 6.43. The maximum atomic E-state index is 11.7. The molecule has 1 saturated heterocycles. The third-order valence-electron chi connectivity index (χ3n) is 3.83. The van der Waals surface area contributed by atoms with E-state index in [1.807, 2.05) is 0 Å². The minimum absolute atomic E-state index is 0.227. The fraction of sp³-hybridized carbons (Fsp3) is 0.778. The number of hydrogen-bond donors (Lipinski definition) is 1. The van der Waals surface area contributed by atoms with E-state index in [9.17, 15) is 19.2 Å². The lowest BCUT2D eigenvalue weighted by Crippen LogP contribution is -2.63. The molecule has 11 heteroatoms. The summed E-state index contributed by atoms with van der Waals surface area (Å²) in [6, 6.07) is 0. The van der Waals surface area contributed by atoms with Crippen molar-refractivity contribution in [3.63, 3.8) is 0 Å². The van der Waals surface area contributed by atoms with E-state index >= 15 is 0 Å². The Labute approximate surface area is 169 Å². The number of unbranched alkanes of at least 4 members (excludes halogenated alkanes) is 1. The minimum Gasteiger partial charge on any atom is -0.463 e. The maximum absolute atomic E-state index is 11.7. The fourth-order valence-electron chi connectivity index (χ4n) is 2.77. The average Bonchev–Trinajstić information content (AvgIpc) is 2.60. The molecule has 0 aliphatic carbocycles. The van der Waals surface area contributed by atoms with Gasteiger partial charge in [-0.05, 0) is 19.4 Å². The van der Waals surface area contributed by atoms with E-state index in [0.717, 1.165) is 13.8 Å². The first-order chi connectivity index (χ1) is 13.6. The van der Waals surface area contributed by atoms with Crippen LogP contribution < -0.4 is 5.73 Å². The van der Waals surface area contributed by atoms with Gasteiger partial charge >= 0.3 is 23.9 Å². The van der Waals surface area contributed by atoms with Crippen molar-refractivity contribution in [1.82, 2.24) is 0 Å². The Kier molecular flexibility index (Phi) is 10.6. The summed E-state index contributed by atoms with van der Waals surface area (Å²) >= 11 is 0. The zero-order valence-electron chi connectivity index (χ0n) is 17.1. The van der Waals surface area contributed by atoms with Gasteiger partial charge in [0.1, 0.15) is 12.7 Å². The molecular weight excluding hydrogens is 390 g/mol. The van der Waals surface area contributed by atoms with Crippen molar-refractivity contribution in [1.29, 1.82) is 0 Å². The van der Waals surface area contributed by atoms with Crippen LogP contribution in [0.15, 0.2) is 0 Å². The number of hydrogen-bond acceptors (Lipinski definition) is 11. The molecule has 2 N–H and O–H groups in total. The van der Waals surface area contributed by atoms with E-state index in [-0.39, 0.29) is 13.2 Å². The molecule has 1 fully saturated rings. The van der Waals surface area contributed by atoms with E-state index in [4.69, 9.17) is 34.2 Å². The molecule has 0 bridgehead atoms. The van der Waals surface area contributed by atoms with Gasteiger partial charge in [-0.15, -0.1) is 0 Å². The Morgan fingerprint density at radius 1 is 0.793 bits per heavy atom. The first-order valence-electron chi connectivity index (χ1n) is 9.27. The van der Waals surface area contributed by atoms with Gasteiger partial charge in [0, 0.05) is 34.3 Å². The van der Waals surface area contributed by atoms with Crippen molar-refractivity contribution in [2.45, 2.75) is 71.2 Å². The van der Waals surface area contributed by atoms with Gasteiger partial charge < -0.3 is 34.2 Å². The molecule has 5 atom stereocenters. The van der Waals surface area contributed by atoms with Crippen LogP contribution in [0, 0.1) is 0 Å². The first-order valence-corrected chi connectivity index (χ1v) is 9.27. The molecule has 0 saturated carbocycles. The summed E-state index contributed by atoms with van der Waals surface area (Å²) in [5.74, 6) is -2.64. The predicted octanol–water partition coefficient (Wildman–Crippen LogP) is -0.175. The molecule has 166 valence electrons. The van der Waals surface area contributed by atoms with Crippen LogP contribution in [-0.4, -0.2) is 74.3 Å². The molecule has 0 radical (unpaired) electrons. The summed E-state index contributed by atoms with van der Waals surface area (Å²) in [6.07, 6.45) is -4.47. The zero-order valence-corrected chi connectivity index (χ0v) is 17.1. The molecule has 1 aliphatic rings. The highest BCUT2D eigenvalue weighted by Gasteiger charge is 2.52. The Morgan fingerprint density at radius 2 is 1.34 bits per heavy atom. The normalized spacial score (nSPS) is 26.3. The van der Waals surface area contributed by atoms with Gasteiger partial charge in [0.2, 0.25) is 0 Å². The lowest BCUT2D eigenvalue weighted by atomic mass is 9.98. The summed E-state index contributed by atoms with van der Waals surface area (Å²) in [7, 11) is 0. The zero-order chi connectivity index (χ0) is 22.0. The Hall–Kier alpha value is -2.24. The van der Waals surface area contributed by atoms with Gasteiger partial charge in [-0.1, -0.05) is 0 Å². The first kappa shape index (κ1) is 24.8. The van der Waals surface area contributed by atoms with Gasteiger partial charge in [0.25, 0.3) is 0 Å². The van der Waals surface area contributed by atoms with Gasteiger partial charge in [-0.3, -0.25) is 19.2 Å². The number of esters is 4. The van der Waals surface area contributed by atoms with E-state index < -0.39 is 54.6 Å². The highest BCUT2D eigenvalue weighted by Crippen LogP contribution is 2.30. The number of nitrogens with two attached hydrogens (primary N) is 1. The van der Waals surface area contributed by atoms with Crippen LogP contribution in [0.5, 0.6) is 0 Å². The summed E-state index contributed by atoms with van der Waals surface area (Å²) < 4.78 is 32.3. The third-order valence-corrected chi connectivity index (χ3v) is 3.83. The van der Waals surface area contributed by atoms with Crippen molar-refractivity contribution in [3.8, 4) is 0 Å². The minimum atomic E-state index is -1.23. The quantitative estimate of drug-likeness (QED) is 0.285. The summed E-state index contributed by atoms with van der Waals surface area (Å²) in [5.41, 5.74) is 5.46. The van der Waals surface area contributed by atoms with Crippen LogP contribution in [0.4, 0.5) is 0 Å². The van der Waals surface area contributed by atoms with E-state index in [1.165, 1.54) is 13.8 Å². The molecular formula is C18H29NO10. The molecule has 0 aromatic rings. The highest BCUT2D eigenvalue weighted by molar-refractivity contribution is 5.68. The van der Waals surface area contributed by atoms with Crippen molar-refractivity contribution in [2.24, 2.45) is 5.73 Å². The van der Waals surface area contributed by atoms with Crippen LogP contribution in [0.25, 0.3) is 0 Å². The molecule has 0 aromatic heterocycles. The Balaban J connectivity index is 3.17. The molecule has 11 nitrogen and oxygen atoms in total. The number of ether oxygens (including phenoxy) is 6. The third kappa shape index (κ3) is 8.75. The van der Waals surface area contributed by atoms with Gasteiger partial charge in [0.15, 0.2) is 24.6 Å². The van der Waals surface area contributed by atoms with Gasteiger partial charge in [0.05, 0.1) is 0 Å². The summed E-state index contributed by atoms with van der Waals surface area (Å²) in [4.78, 5) is 46.1. The molecule has 1 aliphatic heterocycles. The molecule has 29 heavy (non-hydrogen) atoms. The van der Waals surface area contributed by atoms with Crippen LogP contribution in [0.3, 0.4) is 0 Å². The average molecular weight is 419 g/mol. The fourth-order valence-corrected chi connectivity index (χ4v) is 2.77. The summed E-state index contributed by atoms with van der Waals surface area (Å²) in [6.45, 7) is 5.10. The van der Waals surface area contributed by atoms with Crippen LogP contribution in [-0.2, 0) is 47.6 Å². The van der Waals surface area contributed by atoms with E-state index in [2.05, 4.69) is 0 Å². The largest absolute Gasteiger partial charge is 0.463 e. The molecule has 0 aromatic carbocycles. The second kappa shape index (κ2) is 12.3. The molecule has 0 amide bonds. The van der Waals surface area contributed by atoms with Crippen molar-refractivity contribution >= 4 is 23.9 Å². The Bertz CT molecular complexity index is 581. The number of rotatable bonds is 10. The molecule has 1 rings (SSSR count). The van der Waals surface area contributed by atoms with Crippen molar-refractivity contribution in [3.05, 3.63) is 0 Å². The SMILES string of the molecule is CC(=O)OC[C@H]1O[C@@H](OCCCCN)[C@H](OC(C)=O)[C@@H](OC(C)=O)[C@@H]1OC(C)=O. The van der Waals surface area contributed by atoms with Gasteiger partial charge in [-0.25, -0.2) is 0 Å². The smallest absolute Gasteiger partial charge is 0.303 e. The molecule has 1 heterocycles. The summed E-state index contributed by atoms with van der Waals surface area (Å²) in [5, 5.41) is 0. The Morgan fingerprint density at radius 3 is 1.86 bits per heavy atom. The van der Waals surface area contributed by atoms with Crippen molar-refractivity contribution < 1.29 is 47.6 Å². The molecule has 0 unspecified atom stereocenters.